The number of aromatic nitrogens is 2. The normalized spacial score (nSPS) is 21.9. The Labute approximate surface area is 345 Å². The molecule has 8 rings (SSSR count). The van der Waals surface area contributed by atoms with Gasteiger partial charge in [0.1, 0.15) is 29.8 Å². The largest absolute Gasteiger partial charge is 0.488 e. The van der Waals surface area contributed by atoms with E-state index in [9.17, 15) is 14.4 Å². The number of likely N-dealkylation sites (tertiary alicyclic amines) is 2. The Kier molecular flexibility index (Phi) is 10.9. The van der Waals surface area contributed by atoms with Crippen LogP contribution in [0, 0.1) is 5.92 Å². The van der Waals surface area contributed by atoms with Gasteiger partial charge in [0.05, 0.1) is 49.4 Å². The summed E-state index contributed by atoms with van der Waals surface area (Å²) in [6, 6.07) is 13.8. The van der Waals surface area contributed by atoms with Crippen LogP contribution >= 0.6 is 0 Å². The van der Waals surface area contributed by atoms with Crippen LogP contribution in [0.2, 0.25) is 0 Å². The molecule has 4 aliphatic heterocycles. The first-order valence-electron chi connectivity index (χ1n) is 21.0. The number of alkyl carbamates (subject to hydrolysis) is 1. The van der Waals surface area contributed by atoms with Gasteiger partial charge in [-0.2, -0.15) is 0 Å². The minimum absolute atomic E-state index is 0.00467. The number of carbonyl (C=O) groups is 3. The Morgan fingerprint density at radius 3 is 2.61 bits per heavy atom. The van der Waals surface area contributed by atoms with E-state index in [0.717, 1.165) is 86.5 Å². The van der Waals surface area contributed by atoms with Crippen molar-refractivity contribution in [1.82, 2.24) is 25.1 Å². The van der Waals surface area contributed by atoms with Crippen LogP contribution in [-0.4, -0.2) is 93.7 Å². The van der Waals surface area contributed by atoms with Gasteiger partial charge in [0, 0.05) is 36.8 Å². The van der Waals surface area contributed by atoms with E-state index in [0.29, 0.717) is 32.6 Å². The van der Waals surface area contributed by atoms with Gasteiger partial charge in [-0.1, -0.05) is 38.5 Å². The highest BCUT2D eigenvalue weighted by Gasteiger charge is 2.43. The van der Waals surface area contributed by atoms with E-state index in [1.165, 1.54) is 7.11 Å². The van der Waals surface area contributed by atoms with Crippen LogP contribution in [0.4, 0.5) is 15.3 Å². The van der Waals surface area contributed by atoms with Gasteiger partial charge in [0.2, 0.25) is 5.91 Å². The zero-order chi connectivity index (χ0) is 41.7. The van der Waals surface area contributed by atoms with Crippen LogP contribution in [0.1, 0.15) is 97.1 Å². The van der Waals surface area contributed by atoms with Crippen molar-refractivity contribution in [3.63, 3.8) is 0 Å². The average molecular weight is 805 g/mol. The van der Waals surface area contributed by atoms with Gasteiger partial charge in [-0.3, -0.25) is 14.7 Å². The molecule has 3 amide bonds. The topological polar surface area (TPSA) is 148 Å². The molecule has 0 radical (unpaired) electrons. The molecule has 3 aromatic carbocycles. The summed E-state index contributed by atoms with van der Waals surface area (Å²) in [7, 11) is 1.31. The van der Waals surface area contributed by atoms with Crippen molar-refractivity contribution in [3.05, 3.63) is 65.6 Å². The third-order valence-corrected chi connectivity index (χ3v) is 12.4. The fourth-order valence-electron chi connectivity index (χ4n) is 9.19. The summed E-state index contributed by atoms with van der Waals surface area (Å²) in [5.74, 6) is 1.36. The van der Waals surface area contributed by atoms with Gasteiger partial charge in [0.25, 0.3) is 0 Å². The van der Waals surface area contributed by atoms with Crippen LogP contribution in [0.3, 0.4) is 0 Å². The highest BCUT2D eigenvalue weighted by molar-refractivity contribution is 6.06. The fourth-order valence-corrected chi connectivity index (χ4v) is 9.19. The first-order chi connectivity index (χ1) is 28.3. The van der Waals surface area contributed by atoms with Crippen LogP contribution in [0.5, 0.6) is 5.75 Å². The number of carbonyl (C=O) groups excluding carboxylic acids is 3. The third kappa shape index (κ3) is 7.77. The summed E-state index contributed by atoms with van der Waals surface area (Å²) in [6.45, 7) is 15.1. The number of hydrogen-bond acceptors (Lipinski definition) is 9. The van der Waals surface area contributed by atoms with Crippen molar-refractivity contribution in [2.24, 2.45) is 10.9 Å². The molecule has 2 fully saturated rings. The molecule has 13 nitrogen and oxygen atoms in total. The molecule has 0 unspecified atom stereocenters. The Morgan fingerprint density at radius 2 is 1.86 bits per heavy atom. The second-order valence-corrected chi connectivity index (χ2v) is 17.4. The number of nitrogens with zero attached hydrogens (tertiary/aromatic N) is 4. The number of ether oxygens (including phenoxy) is 4. The molecule has 2 saturated heterocycles. The minimum Gasteiger partial charge on any atom is -0.488 e. The lowest BCUT2D eigenvalue weighted by Gasteiger charge is -2.33. The lowest BCUT2D eigenvalue weighted by molar-refractivity contribution is -0.137. The van der Waals surface area contributed by atoms with Crippen LogP contribution in [0.15, 0.2) is 53.7 Å². The molecule has 4 aromatic rings. The summed E-state index contributed by atoms with van der Waals surface area (Å²) in [4.78, 5) is 56.7. The van der Waals surface area contributed by atoms with Gasteiger partial charge in [-0.15, -0.1) is 0 Å². The summed E-state index contributed by atoms with van der Waals surface area (Å²) in [5, 5.41) is 4.98. The number of rotatable bonds is 9. The number of methoxy groups -OCH3 is 1. The minimum atomic E-state index is -0.694. The molecule has 0 bridgehead atoms. The maximum Gasteiger partial charge on any atom is 0.410 e. The molecule has 1 aromatic heterocycles. The Balaban J connectivity index is 1.02. The highest BCUT2D eigenvalue weighted by Crippen LogP contribution is 2.45. The van der Waals surface area contributed by atoms with Crippen LogP contribution < -0.4 is 10.1 Å². The number of benzene rings is 3. The van der Waals surface area contributed by atoms with Crippen molar-refractivity contribution in [3.8, 4) is 28.1 Å². The number of aromatic amines is 1. The molecule has 5 heterocycles. The van der Waals surface area contributed by atoms with Crippen molar-refractivity contribution >= 4 is 40.3 Å². The number of fused-ring (bicyclic) bond motifs is 6. The Morgan fingerprint density at radius 1 is 1.05 bits per heavy atom. The summed E-state index contributed by atoms with van der Waals surface area (Å²) in [5.41, 5.74) is 7.46. The van der Waals surface area contributed by atoms with Crippen molar-refractivity contribution in [2.75, 3.05) is 20.3 Å². The molecular formula is C46H56N6O7. The molecule has 13 heteroatoms. The molecule has 0 saturated carbocycles. The molecule has 0 aliphatic carbocycles. The molecule has 0 spiro atoms. The Bertz CT molecular complexity index is 2310. The van der Waals surface area contributed by atoms with Crippen molar-refractivity contribution in [1.29, 1.82) is 0 Å². The predicted molar refractivity (Wildman–Crippen MR) is 226 cm³/mol. The molecule has 59 heavy (non-hydrogen) atoms. The third-order valence-electron chi connectivity index (χ3n) is 12.4. The second kappa shape index (κ2) is 16.0. The number of H-pyrrole nitrogens is 1. The molecule has 312 valence electrons. The smallest absolute Gasteiger partial charge is 0.410 e. The second-order valence-electron chi connectivity index (χ2n) is 17.4. The van der Waals surface area contributed by atoms with Crippen LogP contribution in [-0.2, 0) is 32.0 Å². The Hall–Kier alpha value is -5.43. The predicted octanol–water partition coefficient (Wildman–Crippen LogP) is 8.66. The van der Waals surface area contributed by atoms with E-state index in [2.05, 4.69) is 52.8 Å². The van der Waals surface area contributed by atoms with E-state index in [4.69, 9.17) is 28.9 Å². The number of amides is 3. The average Bonchev–Trinajstić information content (AvgIpc) is 4.03. The van der Waals surface area contributed by atoms with E-state index in [-0.39, 0.29) is 42.1 Å². The number of hydrogen-bond donors (Lipinski definition) is 2. The molecule has 4 aliphatic rings. The fraction of sp³-hybridized carbons (Fsp3) is 0.500. The first-order valence-corrected chi connectivity index (χ1v) is 21.0. The van der Waals surface area contributed by atoms with Crippen molar-refractivity contribution in [2.45, 2.75) is 123 Å². The van der Waals surface area contributed by atoms with E-state index in [1.807, 2.05) is 59.6 Å². The van der Waals surface area contributed by atoms with Gasteiger partial charge in [-0.25, -0.2) is 14.6 Å². The monoisotopic (exact) mass is 804 g/mol. The standard InChI is InChI=1S/C46H56N6O7/c1-9-25(3)41(50-44(54)56-8)43(53)52-26(4)11-16-38(52)42-47-22-37(49-42)28-12-14-31-29(17-28)24-58-40-21-32-27(18-34(31)40)13-15-35-33(32)20-36(48-35)39-19-30(57-10-2)23-51(39)45(55)59-46(5,6)7/h12-15,17-18,21-22,25-26,30,38-39,41H,9-11,16,19-20,23-24H2,1-8H3,(H,47,49)(H,50,54)/t25-,26-,30-,38-,39-,41-/m0/s1. The van der Waals surface area contributed by atoms with Crippen molar-refractivity contribution < 1.29 is 33.3 Å². The number of imidazole rings is 1. The number of nitrogens with one attached hydrogen (secondary N) is 2. The summed E-state index contributed by atoms with van der Waals surface area (Å²) in [6.07, 6.45) is 4.46. The van der Waals surface area contributed by atoms with Gasteiger partial charge >= 0.3 is 12.2 Å². The summed E-state index contributed by atoms with van der Waals surface area (Å²) < 4.78 is 23.1. The van der Waals surface area contributed by atoms with E-state index < -0.39 is 17.7 Å². The molecule has 6 atom stereocenters. The van der Waals surface area contributed by atoms with E-state index in [1.54, 1.807) is 4.90 Å². The lowest BCUT2D eigenvalue weighted by atomic mass is 9.91. The quantitative estimate of drug-likeness (QED) is 0.171. The molecular weight excluding hydrogens is 749 g/mol. The lowest BCUT2D eigenvalue weighted by Crippen LogP contribution is -2.53. The maximum absolute atomic E-state index is 14.0. The zero-order valence-corrected chi connectivity index (χ0v) is 35.4. The molecule has 2 N–H and O–H groups in total. The SMILES string of the molecule is CCO[C@H]1C[C@@H](C2=Nc3ccc4cc5c(cc4c3C2)OCc2cc(-c3cnc([C@@H]4CC[C@H](C)N4C(=O)[C@@H](NC(=O)OC)[C@@H](C)CC)[nH]3)ccc2-5)N(C(=O)OC(C)(C)C)C1. The highest BCUT2D eigenvalue weighted by atomic mass is 16.6. The summed E-state index contributed by atoms with van der Waals surface area (Å²) >= 11 is 0. The van der Waals surface area contributed by atoms with Gasteiger partial charge in [0.15, 0.2) is 0 Å². The first kappa shape index (κ1) is 40.4. The van der Waals surface area contributed by atoms with Crippen LogP contribution in [0.25, 0.3) is 33.2 Å². The maximum atomic E-state index is 14.0. The van der Waals surface area contributed by atoms with Gasteiger partial charge < -0.3 is 34.1 Å². The number of aliphatic imine (C=N–C) groups is 1. The van der Waals surface area contributed by atoms with Gasteiger partial charge in [-0.05, 0) is 111 Å². The van der Waals surface area contributed by atoms with E-state index >= 15 is 0 Å². The zero-order valence-electron chi connectivity index (χ0n) is 35.4.